The number of hydrogen-bond acceptors (Lipinski definition) is 3. The Morgan fingerprint density at radius 3 is 2.59 bits per heavy atom. The molecule has 0 aliphatic heterocycles. The molecule has 1 unspecified atom stereocenters. The molecule has 0 aliphatic carbocycles. The van der Waals surface area contributed by atoms with E-state index in [1.54, 1.807) is 6.08 Å². The van der Waals surface area contributed by atoms with E-state index in [1.165, 1.54) is 0 Å². The zero-order valence-electron chi connectivity index (χ0n) is 10.5. The van der Waals surface area contributed by atoms with Crippen LogP contribution in [-0.4, -0.2) is 25.0 Å². The Hall–Kier alpha value is -1.61. The van der Waals surface area contributed by atoms with Crippen molar-refractivity contribution in [2.75, 3.05) is 14.1 Å². The van der Waals surface area contributed by atoms with Crippen LogP contribution in [0.25, 0.3) is 6.08 Å². The van der Waals surface area contributed by atoms with Gasteiger partial charge < -0.3 is 14.8 Å². The maximum atomic E-state index is 10.4. The Bertz CT molecular complexity index is 410. The minimum absolute atomic E-state index is 0.289. The summed E-state index contributed by atoms with van der Waals surface area (Å²) in [6.45, 7) is 2.11. The van der Waals surface area contributed by atoms with Crippen molar-refractivity contribution in [3.05, 3.63) is 41.5 Å². The molecule has 0 radical (unpaired) electrons. The Balaban J connectivity index is 3.10. The lowest BCUT2D eigenvalue weighted by molar-refractivity contribution is -0.297. The van der Waals surface area contributed by atoms with Gasteiger partial charge in [0.1, 0.15) is 0 Å². The molecule has 0 N–H and O–H groups in total. The first-order chi connectivity index (χ1) is 8.06. The van der Waals surface area contributed by atoms with Gasteiger partial charge >= 0.3 is 0 Å². The number of benzene rings is 1. The minimum Gasteiger partial charge on any atom is -0.545 e. The molecule has 1 aromatic carbocycles. The molecular weight excluding hydrogens is 214 g/mol. The summed E-state index contributed by atoms with van der Waals surface area (Å²) in [6, 6.07) is 8.11. The van der Waals surface area contributed by atoms with Crippen molar-refractivity contribution in [3.63, 3.8) is 0 Å². The molecule has 1 rings (SSSR count). The van der Waals surface area contributed by atoms with Gasteiger partial charge in [-0.2, -0.15) is 0 Å². The van der Waals surface area contributed by atoms with Gasteiger partial charge in [-0.15, -0.1) is 0 Å². The van der Waals surface area contributed by atoms with E-state index >= 15 is 0 Å². The molecule has 0 aliphatic rings. The lowest BCUT2D eigenvalue weighted by Crippen LogP contribution is -2.20. The average molecular weight is 232 g/mol. The SMILES string of the molecule is CCC(c1ccccc1/C=C/C(=O)[O-])N(C)C. The third-order valence-corrected chi connectivity index (χ3v) is 2.76. The molecule has 0 saturated heterocycles. The van der Waals surface area contributed by atoms with Crippen molar-refractivity contribution in [2.45, 2.75) is 19.4 Å². The predicted molar refractivity (Wildman–Crippen MR) is 67.2 cm³/mol. The topological polar surface area (TPSA) is 43.4 Å². The second kappa shape index (κ2) is 6.21. The number of carboxylic acids is 1. The predicted octanol–water partition coefficient (Wildman–Crippen LogP) is 1.46. The highest BCUT2D eigenvalue weighted by molar-refractivity contribution is 5.83. The molecule has 0 aromatic heterocycles. The van der Waals surface area contributed by atoms with Crippen molar-refractivity contribution < 1.29 is 9.90 Å². The molecule has 0 bridgehead atoms. The van der Waals surface area contributed by atoms with Crippen LogP contribution < -0.4 is 5.11 Å². The second-order valence-electron chi connectivity index (χ2n) is 4.17. The van der Waals surface area contributed by atoms with Gasteiger partial charge in [-0.3, -0.25) is 0 Å². The van der Waals surface area contributed by atoms with Gasteiger partial charge in [0.15, 0.2) is 0 Å². The first kappa shape index (κ1) is 13.5. The van der Waals surface area contributed by atoms with Crippen LogP contribution in [-0.2, 0) is 4.79 Å². The first-order valence-corrected chi connectivity index (χ1v) is 5.70. The maximum absolute atomic E-state index is 10.4. The number of rotatable bonds is 5. The van der Waals surface area contributed by atoms with E-state index in [4.69, 9.17) is 0 Å². The Morgan fingerprint density at radius 1 is 1.41 bits per heavy atom. The van der Waals surface area contributed by atoms with Gasteiger partial charge in [-0.05, 0) is 37.7 Å². The second-order valence-corrected chi connectivity index (χ2v) is 4.17. The van der Waals surface area contributed by atoms with Crippen LogP contribution in [0.5, 0.6) is 0 Å². The molecule has 0 spiro atoms. The number of hydrogen-bond donors (Lipinski definition) is 0. The Kier molecular flexibility index (Phi) is 4.91. The summed E-state index contributed by atoms with van der Waals surface area (Å²) in [6.07, 6.45) is 3.64. The molecule has 0 amide bonds. The molecule has 1 atom stereocenters. The summed E-state index contributed by atoms with van der Waals surface area (Å²) in [5.41, 5.74) is 2.06. The smallest absolute Gasteiger partial charge is 0.0643 e. The molecule has 0 heterocycles. The monoisotopic (exact) mass is 232 g/mol. The van der Waals surface area contributed by atoms with Crippen molar-refractivity contribution in [2.24, 2.45) is 0 Å². The zero-order valence-corrected chi connectivity index (χ0v) is 10.5. The zero-order chi connectivity index (χ0) is 12.8. The third-order valence-electron chi connectivity index (χ3n) is 2.76. The standard InChI is InChI=1S/C14H19NO2/c1-4-13(15(2)3)12-8-6-5-7-11(12)9-10-14(16)17/h5-10,13H,4H2,1-3H3,(H,16,17)/p-1/b10-9+. The van der Waals surface area contributed by atoms with Gasteiger partial charge in [0.2, 0.25) is 0 Å². The summed E-state index contributed by atoms with van der Waals surface area (Å²) in [4.78, 5) is 12.6. The van der Waals surface area contributed by atoms with Gasteiger partial charge in [-0.25, -0.2) is 0 Å². The van der Waals surface area contributed by atoms with Crippen molar-refractivity contribution >= 4 is 12.0 Å². The lowest BCUT2D eigenvalue weighted by atomic mass is 9.97. The number of nitrogens with zero attached hydrogens (tertiary/aromatic N) is 1. The van der Waals surface area contributed by atoms with Gasteiger partial charge in [0.25, 0.3) is 0 Å². The highest BCUT2D eigenvalue weighted by Gasteiger charge is 2.13. The maximum Gasteiger partial charge on any atom is 0.0643 e. The van der Waals surface area contributed by atoms with E-state index in [9.17, 15) is 9.90 Å². The van der Waals surface area contributed by atoms with E-state index < -0.39 is 5.97 Å². The van der Waals surface area contributed by atoms with Crippen molar-refractivity contribution in [1.29, 1.82) is 0 Å². The number of carbonyl (C=O) groups is 1. The van der Waals surface area contributed by atoms with E-state index in [0.717, 1.165) is 23.6 Å². The van der Waals surface area contributed by atoms with Crippen LogP contribution in [0.1, 0.15) is 30.5 Å². The molecule has 17 heavy (non-hydrogen) atoms. The molecule has 1 aromatic rings. The fourth-order valence-corrected chi connectivity index (χ4v) is 1.99. The highest BCUT2D eigenvalue weighted by atomic mass is 16.4. The molecule has 92 valence electrons. The van der Waals surface area contributed by atoms with Crippen LogP contribution in [0.4, 0.5) is 0 Å². The largest absolute Gasteiger partial charge is 0.545 e. The fourth-order valence-electron chi connectivity index (χ4n) is 1.99. The normalized spacial score (nSPS) is 13.2. The van der Waals surface area contributed by atoms with Crippen LogP contribution in [0, 0.1) is 0 Å². The van der Waals surface area contributed by atoms with Crippen LogP contribution in [0.3, 0.4) is 0 Å². The van der Waals surface area contributed by atoms with Crippen LogP contribution in [0.2, 0.25) is 0 Å². The van der Waals surface area contributed by atoms with E-state index in [1.807, 2.05) is 38.4 Å². The summed E-state index contributed by atoms with van der Waals surface area (Å²) in [5, 5.41) is 10.4. The number of carbonyl (C=O) groups excluding carboxylic acids is 1. The van der Waals surface area contributed by atoms with Crippen molar-refractivity contribution in [3.8, 4) is 0 Å². The quantitative estimate of drug-likeness (QED) is 0.722. The van der Waals surface area contributed by atoms with Crippen molar-refractivity contribution in [1.82, 2.24) is 4.90 Å². The van der Waals surface area contributed by atoms with Gasteiger partial charge in [0.05, 0.1) is 5.97 Å². The molecule has 3 heteroatoms. The van der Waals surface area contributed by atoms with Gasteiger partial charge in [0, 0.05) is 6.04 Å². The summed E-state index contributed by atoms with van der Waals surface area (Å²) < 4.78 is 0. The third kappa shape index (κ3) is 3.71. The van der Waals surface area contributed by atoms with Crippen LogP contribution >= 0.6 is 0 Å². The molecule has 0 saturated carbocycles. The summed E-state index contributed by atoms with van der Waals surface area (Å²) >= 11 is 0. The molecule has 3 nitrogen and oxygen atoms in total. The summed E-state index contributed by atoms with van der Waals surface area (Å²) in [7, 11) is 4.04. The van der Waals surface area contributed by atoms with E-state index in [0.29, 0.717) is 0 Å². The Morgan fingerprint density at radius 2 is 2.06 bits per heavy atom. The van der Waals surface area contributed by atoms with E-state index in [2.05, 4.69) is 11.8 Å². The number of aliphatic carboxylic acids is 1. The lowest BCUT2D eigenvalue weighted by Gasteiger charge is -2.25. The highest BCUT2D eigenvalue weighted by Crippen LogP contribution is 2.25. The van der Waals surface area contributed by atoms with Crippen LogP contribution in [0.15, 0.2) is 30.3 Å². The first-order valence-electron chi connectivity index (χ1n) is 5.70. The Labute approximate surface area is 102 Å². The fraction of sp³-hybridized carbons (Fsp3) is 0.357. The van der Waals surface area contributed by atoms with Gasteiger partial charge in [-0.1, -0.05) is 37.3 Å². The molecule has 0 fully saturated rings. The summed E-state index contributed by atoms with van der Waals surface area (Å²) in [5.74, 6) is -1.17. The average Bonchev–Trinajstić information content (AvgIpc) is 2.28. The van der Waals surface area contributed by atoms with E-state index in [-0.39, 0.29) is 6.04 Å². The number of carboxylic acid groups (broad SMARTS) is 1. The molecular formula is C14H18NO2-. The minimum atomic E-state index is -1.17.